The van der Waals surface area contributed by atoms with Gasteiger partial charge < -0.3 is 4.74 Å². The Balaban J connectivity index is 1.59. The Labute approximate surface area is 138 Å². The standard InChI is InChI=1S/C17H15N3O2S/c1-12-9-19-17(23-12)20-16(21)14-4-6-15(7-5-14)22-11-13-3-2-8-18-10-13/h2-10H,11H2,1H3,(H,19,20,21). The number of carbonyl (C=O) groups excluding carboxylic acids is 1. The number of anilines is 1. The Kier molecular flexibility index (Phi) is 4.63. The maximum atomic E-state index is 12.1. The van der Waals surface area contributed by atoms with Crippen molar-refractivity contribution in [3.63, 3.8) is 0 Å². The third kappa shape index (κ3) is 4.14. The molecule has 0 bridgehead atoms. The van der Waals surface area contributed by atoms with Crippen LogP contribution in [0.1, 0.15) is 20.8 Å². The van der Waals surface area contributed by atoms with Crippen LogP contribution in [0.25, 0.3) is 0 Å². The lowest BCUT2D eigenvalue weighted by molar-refractivity contribution is 0.102. The van der Waals surface area contributed by atoms with Crippen molar-refractivity contribution in [2.24, 2.45) is 0 Å². The molecule has 0 fully saturated rings. The zero-order chi connectivity index (χ0) is 16.1. The largest absolute Gasteiger partial charge is 0.489 e. The van der Waals surface area contributed by atoms with Crippen molar-refractivity contribution in [3.05, 3.63) is 71.0 Å². The molecule has 1 aromatic carbocycles. The molecular weight excluding hydrogens is 310 g/mol. The van der Waals surface area contributed by atoms with Gasteiger partial charge in [0.05, 0.1) is 0 Å². The zero-order valence-corrected chi connectivity index (χ0v) is 13.3. The van der Waals surface area contributed by atoms with Crippen molar-refractivity contribution in [2.75, 3.05) is 5.32 Å². The van der Waals surface area contributed by atoms with E-state index in [1.807, 2.05) is 19.1 Å². The number of nitrogens with one attached hydrogen (secondary N) is 1. The van der Waals surface area contributed by atoms with Crippen LogP contribution in [0.3, 0.4) is 0 Å². The van der Waals surface area contributed by atoms with Gasteiger partial charge in [0, 0.05) is 34.6 Å². The summed E-state index contributed by atoms with van der Waals surface area (Å²) in [5, 5.41) is 3.38. The summed E-state index contributed by atoms with van der Waals surface area (Å²) in [7, 11) is 0. The first-order valence-electron chi connectivity index (χ1n) is 7.06. The normalized spacial score (nSPS) is 10.3. The lowest BCUT2D eigenvalue weighted by Gasteiger charge is -2.07. The van der Waals surface area contributed by atoms with E-state index in [0.29, 0.717) is 23.1 Å². The highest BCUT2D eigenvalue weighted by Crippen LogP contribution is 2.19. The molecule has 5 nitrogen and oxygen atoms in total. The molecule has 0 unspecified atom stereocenters. The highest BCUT2D eigenvalue weighted by Gasteiger charge is 2.08. The highest BCUT2D eigenvalue weighted by molar-refractivity contribution is 7.15. The minimum atomic E-state index is -0.182. The van der Waals surface area contributed by atoms with Crippen molar-refractivity contribution in [1.29, 1.82) is 0 Å². The fourth-order valence-electron chi connectivity index (χ4n) is 1.93. The van der Waals surface area contributed by atoms with Gasteiger partial charge >= 0.3 is 0 Å². The fraction of sp³-hybridized carbons (Fsp3) is 0.118. The third-order valence-electron chi connectivity index (χ3n) is 3.09. The van der Waals surface area contributed by atoms with Crippen molar-refractivity contribution >= 4 is 22.4 Å². The van der Waals surface area contributed by atoms with Gasteiger partial charge in [0.1, 0.15) is 12.4 Å². The number of hydrogen-bond acceptors (Lipinski definition) is 5. The SMILES string of the molecule is Cc1cnc(NC(=O)c2ccc(OCc3cccnc3)cc2)s1. The maximum absolute atomic E-state index is 12.1. The van der Waals surface area contributed by atoms with E-state index < -0.39 is 0 Å². The van der Waals surface area contributed by atoms with E-state index in [0.717, 1.165) is 10.4 Å². The molecule has 6 heteroatoms. The molecule has 2 heterocycles. The second-order valence-corrected chi connectivity index (χ2v) is 6.14. The van der Waals surface area contributed by atoms with Gasteiger partial charge in [-0.25, -0.2) is 4.98 Å². The van der Waals surface area contributed by atoms with Gasteiger partial charge in [-0.1, -0.05) is 6.07 Å². The number of ether oxygens (including phenoxy) is 1. The van der Waals surface area contributed by atoms with Crippen LogP contribution >= 0.6 is 11.3 Å². The molecule has 0 saturated heterocycles. The van der Waals surface area contributed by atoms with Crippen molar-refractivity contribution in [2.45, 2.75) is 13.5 Å². The molecule has 0 radical (unpaired) electrons. The summed E-state index contributed by atoms with van der Waals surface area (Å²) in [6, 6.07) is 10.8. The Morgan fingerprint density at radius 2 is 2.04 bits per heavy atom. The van der Waals surface area contributed by atoms with E-state index in [1.54, 1.807) is 42.9 Å². The van der Waals surface area contributed by atoms with Crippen molar-refractivity contribution < 1.29 is 9.53 Å². The number of rotatable bonds is 5. The van der Waals surface area contributed by atoms with Crippen molar-refractivity contribution in [3.8, 4) is 5.75 Å². The van der Waals surface area contributed by atoms with Crippen LogP contribution in [-0.2, 0) is 6.61 Å². The quantitative estimate of drug-likeness (QED) is 0.777. The molecular formula is C17H15N3O2S. The molecule has 0 aliphatic rings. The Bertz CT molecular complexity index is 785. The Hall–Kier alpha value is -2.73. The number of amides is 1. The fourth-order valence-corrected chi connectivity index (χ4v) is 2.59. The van der Waals surface area contributed by atoms with E-state index in [9.17, 15) is 4.79 Å². The van der Waals surface area contributed by atoms with Crippen molar-refractivity contribution in [1.82, 2.24) is 9.97 Å². The summed E-state index contributed by atoms with van der Waals surface area (Å²) >= 11 is 1.45. The summed E-state index contributed by atoms with van der Waals surface area (Å²) in [5.74, 6) is 0.522. The van der Waals surface area contributed by atoms with Gasteiger partial charge in [-0.3, -0.25) is 15.1 Å². The number of nitrogens with zero attached hydrogens (tertiary/aromatic N) is 2. The molecule has 2 aromatic heterocycles. The molecule has 0 spiro atoms. The Morgan fingerprint density at radius 3 is 2.70 bits per heavy atom. The smallest absolute Gasteiger partial charge is 0.257 e. The maximum Gasteiger partial charge on any atom is 0.257 e. The van der Waals surface area contributed by atoms with Gasteiger partial charge in [0.25, 0.3) is 5.91 Å². The summed E-state index contributed by atoms with van der Waals surface area (Å²) in [4.78, 5) is 21.3. The number of benzene rings is 1. The van der Waals surface area contributed by atoms with Crippen LogP contribution < -0.4 is 10.1 Å². The number of hydrogen-bond donors (Lipinski definition) is 1. The highest BCUT2D eigenvalue weighted by atomic mass is 32.1. The first kappa shape index (κ1) is 15.2. The number of carbonyl (C=O) groups is 1. The van der Waals surface area contributed by atoms with Crippen LogP contribution in [-0.4, -0.2) is 15.9 Å². The van der Waals surface area contributed by atoms with Gasteiger partial charge in [-0.05, 0) is 37.3 Å². The van der Waals surface area contributed by atoms with Gasteiger partial charge in [0.15, 0.2) is 5.13 Å². The number of thiazole rings is 1. The Morgan fingerprint density at radius 1 is 1.22 bits per heavy atom. The molecule has 1 amide bonds. The summed E-state index contributed by atoms with van der Waals surface area (Å²) in [5.41, 5.74) is 1.56. The summed E-state index contributed by atoms with van der Waals surface area (Å²) in [6.45, 7) is 2.39. The molecule has 0 saturated carbocycles. The molecule has 23 heavy (non-hydrogen) atoms. The molecule has 0 atom stereocenters. The van der Waals surface area contributed by atoms with E-state index >= 15 is 0 Å². The van der Waals surface area contributed by atoms with Crippen LogP contribution in [0.2, 0.25) is 0 Å². The topological polar surface area (TPSA) is 64.1 Å². The minimum absolute atomic E-state index is 0.182. The van der Waals surface area contributed by atoms with Crippen LogP contribution in [0.15, 0.2) is 55.0 Å². The molecule has 116 valence electrons. The van der Waals surface area contributed by atoms with Crippen LogP contribution in [0.4, 0.5) is 5.13 Å². The van der Waals surface area contributed by atoms with Crippen LogP contribution in [0, 0.1) is 6.92 Å². The van der Waals surface area contributed by atoms with E-state index in [2.05, 4.69) is 15.3 Å². The van der Waals surface area contributed by atoms with E-state index in [1.165, 1.54) is 11.3 Å². The molecule has 3 rings (SSSR count). The summed E-state index contributed by atoms with van der Waals surface area (Å²) in [6.07, 6.45) is 5.22. The predicted octanol–water partition coefficient (Wildman–Crippen LogP) is 3.68. The lowest BCUT2D eigenvalue weighted by atomic mass is 10.2. The molecule has 1 N–H and O–H groups in total. The first-order chi connectivity index (χ1) is 11.2. The average molecular weight is 325 g/mol. The third-order valence-corrected chi connectivity index (χ3v) is 3.91. The minimum Gasteiger partial charge on any atom is -0.489 e. The van der Waals surface area contributed by atoms with E-state index in [4.69, 9.17) is 4.74 Å². The average Bonchev–Trinajstić information content (AvgIpc) is 2.99. The van der Waals surface area contributed by atoms with Gasteiger partial charge in [-0.2, -0.15) is 0 Å². The second-order valence-electron chi connectivity index (χ2n) is 4.90. The number of aromatic nitrogens is 2. The zero-order valence-electron chi connectivity index (χ0n) is 12.5. The van der Waals surface area contributed by atoms with Gasteiger partial charge in [-0.15, -0.1) is 11.3 Å². The molecule has 0 aliphatic carbocycles. The number of pyridine rings is 1. The predicted molar refractivity (Wildman–Crippen MR) is 89.8 cm³/mol. The lowest BCUT2D eigenvalue weighted by Crippen LogP contribution is -2.11. The summed E-state index contributed by atoms with van der Waals surface area (Å²) < 4.78 is 5.67. The second kappa shape index (κ2) is 7.02. The van der Waals surface area contributed by atoms with Gasteiger partial charge in [0.2, 0.25) is 0 Å². The first-order valence-corrected chi connectivity index (χ1v) is 7.88. The molecule has 3 aromatic rings. The molecule has 0 aliphatic heterocycles. The van der Waals surface area contributed by atoms with Crippen LogP contribution in [0.5, 0.6) is 5.75 Å². The van der Waals surface area contributed by atoms with E-state index in [-0.39, 0.29) is 5.91 Å². The number of aryl methyl sites for hydroxylation is 1. The monoisotopic (exact) mass is 325 g/mol.